The third kappa shape index (κ3) is 9.28. The first kappa shape index (κ1) is 19.3. The zero-order valence-corrected chi connectivity index (χ0v) is 13.7. The van der Waals surface area contributed by atoms with Gasteiger partial charge < -0.3 is 16.4 Å². The summed E-state index contributed by atoms with van der Waals surface area (Å²) < 4.78 is 23.6. The van der Waals surface area contributed by atoms with Crippen LogP contribution in [-0.2, 0) is 14.6 Å². The molecule has 0 aromatic rings. The molecule has 0 bridgehead atoms. The molecule has 7 heteroatoms. The molecule has 0 aromatic heterocycles. The summed E-state index contributed by atoms with van der Waals surface area (Å²) in [4.78, 5) is 12.8. The summed E-state index contributed by atoms with van der Waals surface area (Å²) in [5.41, 5.74) is 10.7. The summed E-state index contributed by atoms with van der Waals surface area (Å²) in [5.74, 6) is -0.688. The Labute approximate surface area is 122 Å². The lowest BCUT2D eigenvalue weighted by molar-refractivity contribution is -0.117. The molecular weight excluding hydrogens is 278 g/mol. The molecule has 1 amide bonds. The van der Waals surface area contributed by atoms with Crippen molar-refractivity contribution in [2.24, 2.45) is 16.9 Å². The molecule has 0 rings (SSSR count). The molecule has 0 aliphatic heterocycles. The molecule has 6 nitrogen and oxygen atoms in total. The zero-order valence-electron chi connectivity index (χ0n) is 12.9. The highest BCUT2D eigenvalue weighted by Gasteiger charge is 2.21. The SMILES string of the molecule is CCCN(CCS(=O)(=O)CCC(N)=O)CC(C)(C)CN. The molecule has 0 saturated carbocycles. The van der Waals surface area contributed by atoms with E-state index in [0.29, 0.717) is 13.1 Å². The summed E-state index contributed by atoms with van der Waals surface area (Å²) in [7, 11) is -3.23. The quantitative estimate of drug-likeness (QED) is 0.557. The molecular formula is C13H29N3O3S. The van der Waals surface area contributed by atoms with E-state index < -0.39 is 15.7 Å². The Morgan fingerprint density at radius 3 is 2.25 bits per heavy atom. The van der Waals surface area contributed by atoms with Gasteiger partial charge in [0.1, 0.15) is 0 Å². The van der Waals surface area contributed by atoms with Gasteiger partial charge in [-0.25, -0.2) is 8.42 Å². The lowest BCUT2D eigenvalue weighted by Gasteiger charge is -2.31. The minimum absolute atomic E-state index is 0.0356. The number of carbonyl (C=O) groups excluding carboxylic acids is 1. The monoisotopic (exact) mass is 307 g/mol. The first-order valence-corrected chi connectivity index (χ1v) is 8.85. The Morgan fingerprint density at radius 1 is 1.20 bits per heavy atom. The van der Waals surface area contributed by atoms with Crippen LogP contribution in [-0.4, -0.2) is 56.9 Å². The number of primary amides is 1. The third-order valence-corrected chi connectivity index (χ3v) is 4.75. The molecule has 0 saturated heterocycles. The second kappa shape index (κ2) is 8.59. The summed E-state index contributed by atoms with van der Waals surface area (Å²) in [6.45, 7) is 8.83. The maximum absolute atomic E-state index is 11.8. The van der Waals surface area contributed by atoms with Crippen LogP contribution in [0.15, 0.2) is 0 Å². The number of nitrogens with two attached hydrogens (primary N) is 2. The molecule has 120 valence electrons. The average molecular weight is 307 g/mol. The van der Waals surface area contributed by atoms with Gasteiger partial charge in [0.25, 0.3) is 0 Å². The maximum Gasteiger partial charge on any atom is 0.218 e. The van der Waals surface area contributed by atoms with Crippen LogP contribution in [0.2, 0.25) is 0 Å². The van der Waals surface area contributed by atoms with E-state index in [9.17, 15) is 13.2 Å². The van der Waals surface area contributed by atoms with E-state index in [4.69, 9.17) is 11.5 Å². The molecule has 0 heterocycles. The van der Waals surface area contributed by atoms with Gasteiger partial charge in [0.2, 0.25) is 5.91 Å². The van der Waals surface area contributed by atoms with Crippen molar-refractivity contribution < 1.29 is 13.2 Å². The second-order valence-electron chi connectivity index (χ2n) is 6.01. The number of sulfone groups is 1. The van der Waals surface area contributed by atoms with Crippen LogP contribution >= 0.6 is 0 Å². The fourth-order valence-electron chi connectivity index (χ4n) is 1.88. The Balaban J connectivity index is 4.43. The molecule has 0 aromatic carbocycles. The fraction of sp³-hybridized carbons (Fsp3) is 0.923. The van der Waals surface area contributed by atoms with Crippen molar-refractivity contribution >= 4 is 15.7 Å². The van der Waals surface area contributed by atoms with Gasteiger partial charge in [-0.3, -0.25) is 4.79 Å². The number of hydrogen-bond donors (Lipinski definition) is 2. The minimum Gasteiger partial charge on any atom is -0.370 e. The normalized spacial score (nSPS) is 12.8. The van der Waals surface area contributed by atoms with E-state index in [1.165, 1.54) is 0 Å². The van der Waals surface area contributed by atoms with Gasteiger partial charge in [-0.1, -0.05) is 20.8 Å². The highest BCUT2D eigenvalue weighted by atomic mass is 32.2. The molecule has 0 aliphatic carbocycles. The number of nitrogens with zero attached hydrogens (tertiary/aromatic N) is 1. The highest BCUT2D eigenvalue weighted by Crippen LogP contribution is 2.15. The van der Waals surface area contributed by atoms with Crippen LogP contribution in [0.3, 0.4) is 0 Å². The van der Waals surface area contributed by atoms with Crippen molar-refractivity contribution in [3.63, 3.8) is 0 Å². The molecule has 0 spiro atoms. The van der Waals surface area contributed by atoms with Gasteiger partial charge in [0.05, 0.1) is 11.5 Å². The Kier molecular flexibility index (Phi) is 8.30. The predicted octanol–water partition coefficient (Wildman–Crippen LogP) is -0.0265. The van der Waals surface area contributed by atoms with Crippen LogP contribution in [0.1, 0.15) is 33.6 Å². The highest BCUT2D eigenvalue weighted by molar-refractivity contribution is 7.91. The van der Waals surface area contributed by atoms with Gasteiger partial charge in [-0.05, 0) is 24.9 Å². The number of hydrogen-bond acceptors (Lipinski definition) is 5. The molecule has 0 atom stereocenters. The van der Waals surface area contributed by atoms with E-state index >= 15 is 0 Å². The van der Waals surface area contributed by atoms with Crippen molar-refractivity contribution in [3.05, 3.63) is 0 Å². The largest absolute Gasteiger partial charge is 0.370 e. The van der Waals surface area contributed by atoms with Crippen LogP contribution in [0.25, 0.3) is 0 Å². The third-order valence-electron chi connectivity index (χ3n) is 3.12. The minimum atomic E-state index is -3.23. The first-order chi connectivity index (χ1) is 9.12. The number of amides is 1. The van der Waals surface area contributed by atoms with Crippen molar-refractivity contribution in [1.29, 1.82) is 0 Å². The van der Waals surface area contributed by atoms with Crippen LogP contribution in [0, 0.1) is 5.41 Å². The van der Waals surface area contributed by atoms with E-state index in [1.54, 1.807) is 0 Å². The number of rotatable bonds is 11. The van der Waals surface area contributed by atoms with Gasteiger partial charge in [0, 0.05) is 19.5 Å². The van der Waals surface area contributed by atoms with Crippen molar-refractivity contribution in [3.8, 4) is 0 Å². The summed E-state index contributed by atoms with van der Waals surface area (Å²) in [6, 6.07) is 0. The van der Waals surface area contributed by atoms with Gasteiger partial charge in [0.15, 0.2) is 9.84 Å². The van der Waals surface area contributed by atoms with E-state index in [1.807, 2.05) is 0 Å². The van der Waals surface area contributed by atoms with Crippen molar-refractivity contribution in [2.45, 2.75) is 33.6 Å². The van der Waals surface area contributed by atoms with Crippen LogP contribution in [0.4, 0.5) is 0 Å². The Morgan fingerprint density at radius 2 is 1.80 bits per heavy atom. The van der Waals surface area contributed by atoms with Gasteiger partial charge in [-0.2, -0.15) is 0 Å². The predicted molar refractivity (Wildman–Crippen MR) is 82.0 cm³/mol. The van der Waals surface area contributed by atoms with E-state index in [0.717, 1.165) is 19.5 Å². The Hall–Kier alpha value is -0.660. The topological polar surface area (TPSA) is 106 Å². The van der Waals surface area contributed by atoms with Gasteiger partial charge >= 0.3 is 0 Å². The lowest BCUT2D eigenvalue weighted by atomic mass is 9.93. The standard InChI is InChI=1S/C13H29N3O3S/c1-4-6-16(11-13(2,3)10-14)7-9-20(18,19)8-5-12(15)17/h4-11,14H2,1-3H3,(H2,15,17). The smallest absolute Gasteiger partial charge is 0.218 e. The lowest BCUT2D eigenvalue weighted by Crippen LogP contribution is -2.41. The van der Waals surface area contributed by atoms with E-state index in [-0.39, 0.29) is 23.3 Å². The van der Waals surface area contributed by atoms with Crippen LogP contribution < -0.4 is 11.5 Å². The molecule has 4 N–H and O–H groups in total. The molecule has 0 fully saturated rings. The average Bonchev–Trinajstić information content (AvgIpc) is 2.34. The van der Waals surface area contributed by atoms with Crippen LogP contribution in [0.5, 0.6) is 0 Å². The van der Waals surface area contributed by atoms with Crippen molar-refractivity contribution in [1.82, 2.24) is 4.90 Å². The molecule has 20 heavy (non-hydrogen) atoms. The summed E-state index contributed by atoms with van der Waals surface area (Å²) in [6.07, 6.45) is 0.854. The zero-order chi connectivity index (χ0) is 15.8. The first-order valence-electron chi connectivity index (χ1n) is 7.03. The molecule has 0 unspecified atom stereocenters. The second-order valence-corrected chi connectivity index (χ2v) is 8.32. The van der Waals surface area contributed by atoms with Crippen molar-refractivity contribution in [2.75, 3.05) is 37.7 Å². The molecule has 0 radical (unpaired) electrons. The maximum atomic E-state index is 11.8. The number of carbonyl (C=O) groups is 1. The molecule has 0 aliphatic rings. The van der Waals surface area contributed by atoms with Gasteiger partial charge in [-0.15, -0.1) is 0 Å². The summed E-state index contributed by atoms with van der Waals surface area (Å²) >= 11 is 0. The van der Waals surface area contributed by atoms with E-state index in [2.05, 4.69) is 25.7 Å². The summed E-state index contributed by atoms with van der Waals surface area (Å²) in [5, 5.41) is 0. The fourth-order valence-corrected chi connectivity index (χ4v) is 3.14. The Bertz CT molecular complexity index is 394.